The summed E-state index contributed by atoms with van der Waals surface area (Å²) in [5, 5.41) is 4.38. The Hall–Kier alpha value is -3.39. The number of carbonyl (C=O) groups excluding carboxylic acids is 2. The van der Waals surface area contributed by atoms with Gasteiger partial charge in [0.25, 0.3) is 0 Å². The number of nitrogens with zero attached hydrogens (tertiary/aromatic N) is 2. The zero-order valence-corrected chi connectivity index (χ0v) is 16.5. The van der Waals surface area contributed by atoms with Crippen LogP contribution in [0.4, 0.5) is 4.39 Å². The quantitative estimate of drug-likeness (QED) is 0.584. The van der Waals surface area contributed by atoms with Gasteiger partial charge in [0.1, 0.15) is 11.3 Å². The monoisotopic (exact) mass is 418 g/mol. The second-order valence-electron chi connectivity index (χ2n) is 5.74. The molecular formula is C20H16ClFN2O5. The summed E-state index contributed by atoms with van der Waals surface area (Å²) >= 11 is 5.97. The van der Waals surface area contributed by atoms with Crippen molar-refractivity contribution in [1.82, 2.24) is 9.78 Å². The number of carbonyl (C=O) groups is 2. The molecule has 0 saturated heterocycles. The standard InChI is InChI=1S/C20H16ClFN2O5/c1-27-18-13(21)10-9-12(15(18)22)16-14(19(25)28-2)17(20(26)29-3)24(23-16)11-7-5-4-6-8-11/h4-10H,1-3H3. The predicted octanol–water partition coefficient (Wildman–Crippen LogP) is 3.91. The van der Waals surface area contributed by atoms with Crippen LogP contribution in [-0.2, 0) is 9.47 Å². The van der Waals surface area contributed by atoms with Crippen LogP contribution in [0.1, 0.15) is 20.8 Å². The number of esters is 2. The van der Waals surface area contributed by atoms with E-state index in [0.717, 1.165) is 14.2 Å². The van der Waals surface area contributed by atoms with Gasteiger partial charge in [-0.15, -0.1) is 0 Å². The summed E-state index contributed by atoms with van der Waals surface area (Å²) in [7, 11) is 3.57. The molecule has 0 amide bonds. The molecule has 0 fully saturated rings. The first-order chi connectivity index (χ1) is 13.9. The first-order valence-electron chi connectivity index (χ1n) is 8.32. The molecule has 0 aliphatic rings. The lowest BCUT2D eigenvalue weighted by Crippen LogP contribution is -2.15. The molecule has 3 aromatic rings. The Bertz CT molecular complexity index is 1080. The highest BCUT2D eigenvalue weighted by atomic mass is 35.5. The van der Waals surface area contributed by atoms with Crippen LogP contribution < -0.4 is 4.74 Å². The molecule has 1 aromatic heterocycles. The Balaban J connectivity index is 2.41. The number of benzene rings is 2. The van der Waals surface area contributed by atoms with E-state index in [-0.39, 0.29) is 33.3 Å². The lowest BCUT2D eigenvalue weighted by atomic mass is 10.0. The van der Waals surface area contributed by atoms with Gasteiger partial charge in [-0.1, -0.05) is 29.8 Å². The third kappa shape index (κ3) is 3.54. The minimum Gasteiger partial charge on any atom is -0.492 e. The summed E-state index contributed by atoms with van der Waals surface area (Å²) in [6.07, 6.45) is 0. The van der Waals surface area contributed by atoms with E-state index >= 15 is 4.39 Å². The topological polar surface area (TPSA) is 79.7 Å². The summed E-state index contributed by atoms with van der Waals surface area (Å²) in [5.41, 5.74) is -0.189. The fourth-order valence-electron chi connectivity index (χ4n) is 2.85. The van der Waals surface area contributed by atoms with E-state index in [1.807, 2.05) is 0 Å². The van der Waals surface area contributed by atoms with Crippen LogP contribution in [0.15, 0.2) is 42.5 Å². The van der Waals surface area contributed by atoms with E-state index in [4.69, 9.17) is 25.8 Å². The maximum atomic E-state index is 15.1. The van der Waals surface area contributed by atoms with Gasteiger partial charge in [-0.25, -0.2) is 18.7 Å². The SMILES string of the molecule is COC(=O)c1c(-c2ccc(Cl)c(OC)c2F)nn(-c2ccccc2)c1C(=O)OC. The number of rotatable bonds is 5. The lowest BCUT2D eigenvalue weighted by molar-refractivity contribution is 0.0549. The number of para-hydroxylation sites is 1. The van der Waals surface area contributed by atoms with Crippen molar-refractivity contribution in [3.8, 4) is 22.7 Å². The van der Waals surface area contributed by atoms with Gasteiger partial charge in [0.05, 0.1) is 32.0 Å². The summed E-state index contributed by atoms with van der Waals surface area (Å²) in [5.74, 6) is -2.77. The highest BCUT2D eigenvalue weighted by Gasteiger charge is 2.33. The van der Waals surface area contributed by atoms with Gasteiger partial charge in [0, 0.05) is 5.56 Å². The fourth-order valence-corrected chi connectivity index (χ4v) is 3.07. The van der Waals surface area contributed by atoms with Gasteiger partial charge >= 0.3 is 11.9 Å². The van der Waals surface area contributed by atoms with Crippen LogP contribution in [0.3, 0.4) is 0 Å². The Morgan fingerprint density at radius 3 is 2.24 bits per heavy atom. The smallest absolute Gasteiger partial charge is 0.357 e. The van der Waals surface area contributed by atoms with E-state index in [9.17, 15) is 9.59 Å². The lowest BCUT2D eigenvalue weighted by Gasteiger charge is -2.09. The maximum absolute atomic E-state index is 15.1. The zero-order chi connectivity index (χ0) is 21.1. The van der Waals surface area contributed by atoms with Crippen molar-refractivity contribution in [2.75, 3.05) is 21.3 Å². The summed E-state index contributed by atoms with van der Waals surface area (Å²) < 4.78 is 30.9. The number of methoxy groups -OCH3 is 3. The van der Waals surface area contributed by atoms with Crippen LogP contribution in [0.25, 0.3) is 16.9 Å². The second-order valence-corrected chi connectivity index (χ2v) is 6.15. The van der Waals surface area contributed by atoms with Crippen LogP contribution in [0, 0.1) is 5.82 Å². The molecule has 0 spiro atoms. The molecule has 0 aliphatic heterocycles. The fraction of sp³-hybridized carbons (Fsp3) is 0.150. The van der Waals surface area contributed by atoms with Crippen molar-refractivity contribution in [1.29, 1.82) is 0 Å². The molecule has 0 N–H and O–H groups in total. The molecule has 29 heavy (non-hydrogen) atoms. The Kier molecular flexibility index (Phi) is 5.84. The van der Waals surface area contributed by atoms with Crippen molar-refractivity contribution in [2.24, 2.45) is 0 Å². The molecule has 9 heteroatoms. The third-order valence-corrected chi connectivity index (χ3v) is 4.46. The molecule has 1 heterocycles. The van der Waals surface area contributed by atoms with E-state index in [2.05, 4.69) is 5.10 Å². The van der Waals surface area contributed by atoms with E-state index < -0.39 is 17.8 Å². The molecule has 0 radical (unpaired) electrons. The van der Waals surface area contributed by atoms with Crippen molar-refractivity contribution in [3.63, 3.8) is 0 Å². The molecule has 0 atom stereocenters. The first-order valence-corrected chi connectivity index (χ1v) is 8.69. The second kappa shape index (κ2) is 8.32. The van der Waals surface area contributed by atoms with E-state index in [0.29, 0.717) is 5.69 Å². The van der Waals surface area contributed by atoms with Gasteiger partial charge in [-0.2, -0.15) is 5.10 Å². The first kappa shape index (κ1) is 20.3. The molecule has 2 aromatic carbocycles. The average molecular weight is 419 g/mol. The van der Waals surface area contributed by atoms with Crippen molar-refractivity contribution < 1.29 is 28.2 Å². The normalized spacial score (nSPS) is 10.5. The van der Waals surface area contributed by atoms with Gasteiger partial charge in [-0.3, -0.25) is 0 Å². The van der Waals surface area contributed by atoms with Crippen LogP contribution >= 0.6 is 11.6 Å². The van der Waals surface area contributed by atoms with E-state index in [1.54, 1.807) is 30.3 Å². The molecule has 0 saturated carbocycles. The van der Waals surface area contributed by atoms with Crippen molar-refractivity contribution in [3.05, 3.63) is 64.6 Å². The maximum Gasteiger partial charge on any atom is 0.357 e. The molecule has 0 unspecified atom stereocenters. The van der Waals surface area contributed by atoms with Crippen LogP contribution in [0.2, 0.25) is 5.02 Å². The predicted molar refractivity (Wildman–Crippen MR) is 103 cm³/mol. The minimum absolute atomic E-state index is 0.0454. The number of hydrogen-bond donors (Lipinski definition) is 0. The number of ether oxygens (including phenoxy) is 3. The average Bonchev–Trinajstić information content (AvgIpc) is 3.14. The van der Waals surface area contributed by atoms with Gasteiger partial charge < -0.3 is 14.2 Å². The molecule has 0 bridgehead atoms. The Morgan fingerprint density at radius 1 is 1.00 bits per heavy atom. The minimum atomic E-state index is -0.879. The van der Waals surface area contributed by atoms with Gasteiger partial charge in [0.15, 0.2) is 17.3 Å². The number of halogens is 2. The van der Waals surface area contributed by atoms with E-state index in [1.165, 1.54) is 23.9 Å². The Labute approximate surface area is 170 Å². The summed E-state index contributed by atoms with van der Waals surface area (Å²) in [6, 6.07) is 11.3. The van der Waals surface area contributed by atoms with Gasteiger partial charge in [-0.05, 0) is 24.3 Å². The molecule has 0 aliphatic carbocycles. The van der Waals surface area contributed by atoms with Gasteiger partial charge in [0.2, 0.25) is 0 Å². The highest BCUT2D eigenvalue weighted by molar-refractivity contribution is 6.32. The largest absolute Gasteiger partial charge is 0.492 e. The number of hydrogen-bond acceptors (Lipinski definition) is 6. The van der Waals surface area contributed by atoms with Crippen LogP contribution in [0.5, 0.6) is 5.75 Å². The number of aromatic nitrogens is 2. The van der Waals surface area contributed by atoms with Crippen molar-refractivity contribution >= 4 is 23.5 Å². The molecule has 3 rings (SSSR count). The summed E-state index contributed by atoms with van der Waals surface area (Å²) in [6.45, 7) is 0. The summed E-state index contributed by atoms with van der Waals surface area (Å²) in [4.78, 5) is 25.1. The van der Waals surface area contributed by atoms with Crippen molar-refractivity contribution in [2.45, 2.75) is 0 Å². The molecular weight excluding hydrogens is 403 g/mol. The third-order valence-electron chi connectivity index (χ3n) is 4.16. The Morgan fingerprint density at radius 2 is 1.66 bits per heavy atom. The van der Waals surface area contributed by atoms with Crippen LogP contribution in [-0.4, -0.2) is 43.0 Å². The highest BCUT2D eigenvalue weighted by Crippen LogP contribution is 2.37. The zero-order valence-electron chi connectivity index (χ0n) is 15.7. The molecule has 150 valence electrons. The molecule has 7 nitrogen and oxygen atoms in total.